The van der Waals surface area contributed by atoms with Crippen molar-refractivity contribution in [3.8, 4) is 0 Å². The SMILES string of the molecule is Cc1ccc(S(=O)(=O)N2C[C@@H](C)[C@H](C(=O)c3ccccc3)C2)cc1. The largest absolute Gasteiger partial charge is 0.294 e. The lowest BCUT2D eigenvalue weighted by Crippen LogP contribution is -2.30. The minimum absolute atomic E-state index is 0.00192. The smallest absolute Gasteiger partial charge is 0.243 e. The van der Waals surface area contributed by atoms with Gasteiger partial charge in [0.05, 0.1) is 4.90 Å². The van der Waals surface area contributed by atoms with Crippen molar-refractivity contribution >= 4 is 15.8 Å². The summed E-state index contributed by atoms with van der Waals surface area (Å²) in [6, 6.07) is 15.9. The van der Waals surface area contributed by atoms with E-state index in [9.17, 15) is 13.2 Å². The number of sulfonamides is 1. The fourth-order valence-electron chi connectivity index (χ4n) is 3.14. The van der Waals surface area contributed by atoms with Crippen LogP contribution in [0.15, 0.2) is 59.5 Å². The number of hydrogen-bond donors (Lipinski definition) is 0. The van der Waals surface area contributed by atoms with Gasteiger partial charge in [-0.3, -0.25) is 4.79 Å². The molecule has 0 bridgehead atoms. The van der Waals surface area contributed by atoms with Gasteiger partial charge in [-0.1, -0.05) is 55.0 Å². The van der Waals surface area contributed by atoms with Crippen LogP contribution in [0, 0.1) is 18.8 Å². The minimum atomic E-state index is -3.56. The summed E-state index contributed by atoms with van der Waals surface area (Å²) in [5.74, 6) is -0.282. The van der Waals surface area contributed by atoms with E-state index in [1.165, 1.54) is 4.31 Å². The van der Waals surface area contributed by atoms with E-state index in [-0.39, 0.29) is 29.1 Å². The molecule has 1 aliphatic rings. The molecular weight excluding hydrogens is 322 g/mol. The molecule has 0 aromatic heterocycles. The second-order valence-electron chi connectivity index (χ2n) is 6.45. The van der Waals surface area contributed by atoms with Crippen molar-refractivity contribution in [1.29, 1.82) is 0 Å². The molecule has 2 aromatic rings. The molecule has 0 N–H and O–H groups in total. The quantitative estimate of drug-likeness (QED) is 0.802. The molecule has 0 radical (unpaired) electrons. The molecule has 3 rings (SSSR count). The van der Waals surface area contributed by atoms with E-state index in [2.05, 4.69) is 0 Å². The molecule has 1 fully saturated rings. The Morgan fingerprint density at radius 3 is 2.25 bits per heavy atom. The van der Waals surface area contributed by atoms with Gasteiger partial charge in [0, 0.05) is 24.6 Å². The van der Waals surface area contributed by atoms with Crippen LogP contribution < -0.4 is 0 Å². The highest BCUT2D eigenvalue weighted by Gasteiger charge is 2.40. The number of carbonyl (C=O) groups excluding carboxylic acids is 1. The Labute approximate surface area is 143 Å². The third-order valence-electron chi connectivity index (χ3n) is 4.63. The van der Waals surface area contributed by atoms with Crippen molar-refractivity contribution in [3.63, 3.8) is 0 Å². The van der Waals surface area contributed by atoms with Crippen LogP contribution in [-0.2, 0) is 10.0 Å². The summed E-state index contributed by atoms with van der Waals surface area (Å²) in [6.45, 7) is 4.48. The van der Waals surface area contributed by atoms with Gasteiger partial charge in [0.1, 0.15) is 0 Å². The zero-order chi connectivity index (χ0) is 17.3. The molecule has 0 saturated carbocycles. The van der Waals surface area contributed by atoms with Crippen molar-refractivity contribution in [2.24, 2.45) is 11.8 Å². The van der Waals surface area contributed by atoms with Crippen molar-refractivity contribution in [2.45, 2.75) is 18.7 Å². The predicted molar refractivity (Wildman–Crippen MR) is 93.4 cm³/mol. The third kappa shape index (κ3) is 3.14. The van der Waals surface area contributed by atoms with Crippen LogP contribution in [0.4, 0.5) is 0 Å². The molecule has 1 aliphatic heterocycles. The Morgan fingerprint density at radius 2 is 1.62 bits per heavy atom. The Hall–Kier alpha value is -1.98. The predicted octanol–water partition coefficient (Wildman–Crippen LogP) is 3.13. The second kappa shape index (κ2) is 6.49. The van der Waals surface area contributed by atoms with E-state index in [0.717, 1.165) is 5.56 Å². The van der Waals surface area contributed by atoms with Gasteiger partial charge in [0.2, 0.25) is 10.0 Å². The van der Waals surface area contributed by atoms with Crippen LogP contribution in [0.3, 0.4) is 0 Å². The average Bonchev–Trinajstić information content (AvgIpc) is 2.98. The molecule has 0 amide bonds. The molecule has 1 heterocycles. The summed E-state index contributed by atoms with van der Waals surface area (Å²) < 4.78 is 27.1. The van der Waals surface area contributed by atoms with Crippen LogP contribution in [0.25, 0.3) is 0 Å². The van der Waals surface area contributed by atoms with E-state index >= 15 is 0 Å². The van der Waals surface area contributed by atoms with E-state index < -0.39 is 10.0 Å². The first-order chi connectivity index (χ1) is 11.4. The Morgan fingerprint density at radius 1 is 1.00 bits per heavy atom. The lowest BCUT2D eigenvalue weighted by atomic mass is 9.90. The van der Waals surface area contributed by atoms with Crippen LogP contribution in [0.1, 0.15) is 22.8 Å². The van der Waals surface area contributed by atoms with Crippen LogP contribution >= 0.6 is 0 Å². The third-order valence-corrected chi connectivity index (χ3v) is 6.48. The second-order valence-corrected chi connectivity index (χ2v) is 8.39. The molecule has 126 valence electrons. The number of ketones is 1. The number of benzene rings is 2. The highest BCUT2D eigenvalue weighted by atomic mass is 32.2. The molecular formula is C19H21NO3S. The summed E-state index contributed by atoms with van der Waals surface area (Å²) in [5.41, 5.74) is 1.66. The molecule has 5 heteroatoms. The summed E-state index contributed by atoms with van der Waals surface area (Å²) in [7, 11) is -3.56. The van der Waals surface area contributed by atoms with Gasteiger partial charge in [-0.25, -0.2) is 8.42 Å². The zero-order valence-corrected chi connectivity index (χ0v) is 14.7. The zero-order valence-electron chi connectivity index (χ0n) is 13.8. The van der Waals surface area contributed by atoms with Gasteiger partial charge in [-0.2, -0.15) is 4.31 Å². The first-order valence-electron chi connectivity index (χ1n) is 8.05. The van der Waals surface area contributed by atoms with Gasteiger partial charge in [0.25, 0.3) is 0 Å². The molecule has 0 unspecified atom stereocenters. The number of nitrogens with zero attached hydrogens (tertiary/aromatic N) is 1. The van der Waals surface area contributed by atoms with Crippen molar-refractivity contribution < 1.29 is 13.2 Å². The topological polar surface area (TPSA) is 54.5 Å². The Bertz CT molecular complexity index is 829. The molecule has 2 atom stereocenters. The van der Waals surface area contributed by atoms with Gasteiger partial charge < -0.3 is 0 Å². The molecule has 2 aromatic carbocycles. The maximum absolute atomic E-state index is 12.8. The number of Topliss-reactive ketones (excluding diaryl/α,β-unsaturated/α-hetero) is 1. The van der Waals surface area contributed by atoms with E-state index in [1.54, 1.807) is 36.4 Å². The molecule has 24 heavy (non-hydrogen) atoms. The Balaban J connectivity index is 1.83. The highest BCUT2D eigenvalue weighted by Crippen LogP contribution is 2.30. The molecule has 0 aliphatic carbocycles. The van der Waals surface area contributed by atoms with Crippen LogP contribution in [-0.4, -0.2) is 31.6 Å². The summed E-state index contributed by atoms with van der Waals surface area (Å²) in [6.07, 6.45) is 0. The van der Waals surface area contributed by atoms with Crippen molar-refractivity contribution in [1.82, 2.24) is 4.31 Å². The van der Waals surface area contributed by atoms with Gasteiger partial charge in [0.15, 0.2) is 5.78 Å². The fourth-order valence-corrected chi connectivity index (χ4v) is 4.70. The van der Waals surface area contributed by atoms with Crippen molar-refractivity contribution in [2.75, 3.05) is 13.1 Å². The lowest BCUT2D eigenvalue weighted by Gasteiger charge is -2.16. The maximum atomic E-state index is 12.8. The summed E-state index contributed by atoms with van der Waals surface area (Å²) >= 11 is 0. The van der Waals surface area contributed by atoms with E-state index in [0.29, 0.717) is 12.1 Å². The maximum Gasteiger partial charge on any atom is 0.243 e. The number of hydrogen-bond acceptors (Lipinski definition) is 3. The normalized spacial score (nSPS) is 21.8. The highest BCUT2D eigenvalue weighted by molar-refractivity contribution is 7.89. The number of rotatable bonds is 4. The fraction of sp³-hybridized carbons (Fsp3) is 0.316. The molecule has 4 nitrogen and oxygen atoms in total. The van der Waals surface area contributed by atoms with Gasteiger partial charge in [-0.05, 0) is 25.0 Å². The number of carbonyl (C=O) groups is 1. The monoisotopic (exact) mass is 343 g/mol. The first-order valence-corrected chi connectivity index (χ1v) is 9.49. The standard InChI is InChI=1S/C19H21NO3S/c1-14-8-10-17(11-9-14)24(22,23)20-12-15(2)18(13-20)19(21)16-6-4-3-5-7-16/h3-11,15,18H,12-13H2,1-2H3/t15-,18-/m1/s1. The summed E-state index contributed by atoms with van der Waals surface area (Å²) in [4.78, 5) is 13.0. The minimum Gasteiger partial charge on any atom is -0.294 e. The Kier molecular flexibility index (Phi) is 4.56. The van der Waals surface area contributed by atoms with Crippen LogP contribution in [0.5, 0.6) is 0 Å². The van der Waals surface area contributed by atoms with Crippen LogP contribution in [0.2, 0.25) is 0 Å². The van der Waals surface area contributed by atoms with Crippen molar-refractivity contribution in [3.05, 3.63) is 65.7 Å². The molecule has 0 spiro atoms. The number of aryl methyl sites for hydroxylation is 1. The lowest BCUT2D eigenvalue weighted by molar-refractivity contribution is 0.0906. The molecule has 1 saturated heterocycles. The summed E-state index contributed by atoms with van der Waals surface area (Å²) in [5, 5.41) is 0. The van der Waals surface area contributed by atoms with Gasteiger partial charge >= 0.3 is 0 Å². The average molecular weight is 343 g/mol. The van der Waals surface area contributed by atoms with E-state index in [4.69, 9.17) is 0 Å². The van der Waals surface area contributed by atoms with Gasteiger partial charge in [-0.15, -0.1) is 0 Å². The van der Waals surface area contributed by atoms with E-state index in [1.807, 2.05) is 32.0 Å². The first kappa shape index (κ1) is 16.9.